The van der Waals surface area contributed by atoms with Crippen molar-refractivity contribution < 1.29 is 10.0 Å². The number of nitrogens with zero attached hydrogens (tertiary/aromatic N) is 2. The Balaban J connectivity index is 2.16. The topological polar surface area (TPSA) is 52.9 Å². The Morgan fingerprint density at radius 3 is 3.00 bits per heavy atom. The van der Waals surface area contributed by atoms with E-state index in [-0.39, 0.29) is 5.78 Å². The minimum Gasteiger partial charge on any atom is -0.297 e. The van der Waals surface area contributed by atoms with E-state index in [1.165, 1.54) is 6.20 Å². The maximum absolute atomic E-state index is 11.8. The second kappa shape index (κ2) is 4.22. The van der Waals surface area contributed by atoms with Gasteiger partial charge in [0.15, 0.2) is 5.78 Å². The predicted molar refractivity (Wildman–Crippen MR) is 61.2 cm³/mol. The molecule has 0 spiro atoms. The predicted octanol–water partition coefficient (Wildman–Crippen LogP) is 2.06. The molecule has 2 rings (SSSR count). The molecule has 1 heterocycles. The lowest BCUT2D eigenvalue weighted by molar-refractivity contribution is -0.162. The highest BCUT2D eigenvalue weighted by molar-refractivity contribution is 5.88. The minimum absolute atomic E-state index is 0.101. The maximum atomic E-state index is 11.8. The first kappa shape index (κ1) is 11.1. The second-order valence-corrected chi connectivity index (χ2v) is 4.44. The van der Waals surface area contributed by atoms with Crippen LogP contribution in [0.3, 0.4) is 0 Å². The van der Waals surface area contributed by atoms with Crippen molar-refractivity contribution in [3.05, 3.63) is 24.0 Å². The molecule has 1 saturated carbocycles. The highest BCUT2D eigenvalue weighted by Crippen LogP contribution is 2.30. The molecule has 0 amide bonds. The lowest BCUT2D eigenvalue weighted by Crippen LogP contribution is -2.50. The number of ketones is 1. The molecule has 0 saturated heterocycles. The Kier molecular flexibility index (Phi) is 2.92. The van der Waals surface area contributed by atoms with Crippen molar-refractivity contribution in [1.82, 2.24) is 5.06 Å². The van der Waals surface area contributed by atoms with Gasteiger partial charge in [-0.15, -0.1) is 0 Å². The van der Waals surface area contributed by atoms with Gasteiger partial charge < -0.3 is 0 Å². The number of hydroxylamine groups is 2. The Morgan fingerprint density at radius 1 is 1.56 bits per heavy atom. The zero-order valence-electron chi connectivity index (χ0n) is 9.39. The molecule has 1 N–H and O–H groups in total. The quantitative estimate of drug-likeness (QED) is 0.725. The van der Waals surface area contributed by atoms with Crippen LogP contribution in [-0.4, -0.2) is 27.8 Å². The van der Waals surface area contributed by atoms with Crippen LogP contribution >= 0.6 is 0 Å². The third-order valence-electron chi connectivity index (χ3n) is 3.25. The summed E-state index contributed by atoms with van der Waals surface area (Å²) in [6, 6.07) is 0. The molecule has 0 aromatic carbocycles. The minimum atomic E-state index is -0.781. The first-order valence-corrected chi connectivity index (χ1v) is 5.57. The number of carbonyl (C=O) groups is 1. The summed E-state index contributed by atoms with van der Waals surface area (Å²) in [6.45, 7) is 1.79. The lowest BCUT2D eigenvalue weighted by Gasteiger charge is -2.37. The fourth-order valence-electron chi connectivity index (χ4n) is 2.06. The standard InChI is InChI=1S/C12H16N2O2/c1-12(7-3-2-6-11(12)15)14(16)9-10-5-4-8-13-10/h4-5,8-9,16H,2-3,6-7H2,1H3/t12-/m0/s1. The van der Waals surface area contributed by atoms with E-state index >= 15 is 0 Å². The summed E-state index contributed by atoms with van der Waals surface area (Å²) in [4.78, 5) is 15.9. The van der Waals surface area contributed by atoms with Crippen LogP contribution in [0.1, 0.15) is 32.6 Å². The summed E-state index contributed by atoms with van der Waals surface area (Å²) < 4.78 is 0. The number of hydrogen-bond donors (Lipinski definition) is 1. The Bertz CT molecular complexity index is 370. The number of rotatable bonds is 2. The molecule has 86 valence electrons. The molecular formula is C12H16N2O2. The van der Waals surface area contributed by atoms with E-state index in [1.54, 1.807) is 25.3 Å². The summed E-state index contributed by atoms with van der Waals surface area (Å²) in [5, 5.41) is 11.0. The zero-order valence-corrected chi connectivity index (χ0v) is 9.39. The molecule has 1 fully saturated rings. The average Bonchev–Trinajstić information content (AvgIpc) is 2.75. The zero-order chi connectivity index (χ0) is 11.6. The van der Waals surface area contributed by atoms with Crippen LogP contribution in [0.25, 0.3) is 0 Å². The fourth-order valence-corrected chi connectivity index (χ4v) is 2.06. The highest BCUT2D eigenvalue weighted by atomic mass is 16.5. The molecule has 2 aliphatic rings. The molecule has 1 aliphatic carbocycles. The van der Waals surface area contributed by atoms with Crippen molar-refractivity contribution in [3.8, 4) is 0 Å². The molecule has 0 radical (unpaired) electrons. The van der Waals surface area contributed by atoms with Gasteiger partial charge in [0, 0.05) is 12.6 Å². The van der Waals surface area contributed by atoms with Crippen LogP contribution in [0.5, 0.6) is 0 Å². The Labute approximate surface area is 94.9 Å². The van der Waals surface area contributed by atoms with Crippen LogP contribution < -0.4 is 0 Å². The van der Waals surface area contributed by atoms with E-state index in [1.807, 2.05) is 0 Å². The highest BCUT2D eigenvalue weighted by Gasteiger charge is 2.39. The van der Waals surface area contributed by atoms with Crippen LogP contribution in [0.4, 0.5) is 0 Å². The summed E-state index contributed by atoms with van der Waals surface area (Å²) in [5.74, 6) is 0.101. The van der Waals surface area contributed by atoms with E-state index in [0.717, 1.165) is 17.9 Å². The summed E-state index contributed by atoms with van der Waals surface area (Å²) in [6.07, 6.45) is 9.91. The molecular weight excluding hydrogens is 204 g/mol. The molecule has 1 aliphatic heterocycles. The Hall–Kier alpha value is -1.42. The lowest BCUT2D eigenvalue weighted by atomic mass is 9.82. The van der Waals surface area contributed by atoms with E-state index in [9.17, 15) is 10.0 Å². The molecule has 0 aromatic rings. The van der Waals surface area contributed by atoms with Gasteiger partial charge in [0.1, 0.15) is 5.54 Å². The summed E-state index contributed by atoms with van der Waals surface area (Å²) >= 11 is 0. The first-order chi connectivity index (χ1) is 7.63. The smallest absolute Gasteiger partial charge is 0.160 e. The van der Waals surface area contributed by atoms with Crippen LogP contribution in [0.15, 0.2) is 29.0 Å². The van der Waals surface area contributed by atoms with Crippen molar-refractivity contribution in [2.75, 3.05) is 0 Å². The number of aliphatic imine (C=N–C) groups is 1. The molecule has 4 nitrogen and oxygen atoms in total. The van der Waals surface area contributed by atoms with Gasteiger partial charge in [-0.1, -0.05) is 6.42 Å². The van der Waals surface area contributed by atoms with E-state index in [0.29, 0.717) is 18.5 Å². The largest absolute Gasteiger partial charge is 0.297 e. The van der Waals surface area contributed by atoms with Gasteiger partial charge in [0.2, 0.25) is 0 Å². The normalized spacial score (nSPS) is 31.4. The van der Waals surface area contributed by atoms with Crippen molar-refractivity contribution in [1.29, 1.82) is 0 Å². The number of carbonyl (C=O) groups excluding carboxylic acids is 1. The SMILES string of the molecule is C[C@]1(N(O)C=C2C=CC=N2)CCCCC1=O. The van der Waals surface area contributed by atoms with Gasteiger partial charge in [0.25, 0.3) is 0 Å². The summed E-state index contributed by atoms with van der Waals surface area (Å²) in [7, 11) is 0. The van der Waals surface area contributed by atoms with Gasteiger partial charge in [0.05, 0.1) is 11.9 Å². The van der Waals surface area contributed by atoms with Gasteiger partial charge in [-0.05, 0) is 31.9 Å². The van der Waals surface area contributed by atoms with E-state index in [4.69, 9.17) is 0 Å². The van der Waals surface area contributed by atoms with Crippen molar-refractivity contribution in [3.63, 3.8) is 0 Å². The monoisotopic (exact) mass is 220 g/mol. The van der Waals surface area contributed by atoms with Crippen molar-refractivity contribution >= 4 is 12.0 Å². The van der Waals surface area contributed by atoms with Crippen molar-refractivity contribution in [2.24, 2.45) is 4.99 Å². The number of allylic oxidation sites excluding steroid dienone is 2. The Morgan fingerprint density at radius 2 is 2.38 bits per heavy atom. The molecule has 16 heavy (non-hydrogen) atoms. The third kappa shape index (κ3) is 1.93. The first-order valence-electron chi connectivity index (χ1n) is 5.57. The van der Waals surface area contributed by atoms with Crippen LogP contribution in [0.2, 0.25) is 0 Å². The maximum Gasteiger partial charge on any atom is 0.160 e. The molecule has 1 atom stereocenters. The summed E-state index contributed by atoms with van der Waals surface area (Å²) in [5.41, 5.74) is -0.112. The van der Waals surface area contributed by atoms with E-state index < -0.39 is 5.54 Å². The number of Topliss-reactive ketones (excluding diaryl/α,β-unsaturated/α-hetero) is 1. The van der Waals surface area contributed by atoms with Crippen LogP contribution in [-0.2, 0) is 4.79 Å². The molecule has 0 unspecified atom stereocenters. The van der Waals surface area contributed by atoms with E-state index in [2.05, 4.69) is 4.99 Å². The third-order valence-corrected chi connectivity index (χ3v) is 3.25. The van der Waals surface area contributed by atoms with Gasteiger partial charge in [-0.3, -0.25) is 15.0 Å². The second-order valence-electron chi connectivity index (χ2n) is 4.44. The van der Waals surface area contributed by atoms with Gasteiger partial charge in [-0.25, -0.2) is 5.06 Å². The van der Waals surface area contributed by atoms with Crippen LogP contribution in [0, 0.1) is 0 Å². The number of hydrogen-bond acceptors (Lipinski definition) is 4. The fraction of sp³-hybridized carbons (Fsp3) is 0.500. The van der Waals surface area contributed by atoms with Crippen molar-refractivity contribution in [2.45, 2.75) is 38.1 Å². The van der Waals surface area contributed by atoms with Gasteiger partial charge >= 0.3 is 0 Å². The molecule has 0 aromatic heterocycles. The molecule has 0 bridgehead atoms. The molecule has 4 heteroatoms. The average molecular weight is 220 g/mol. The van der Waals surface area contributed by atoms with Gasteiger partial charge in [-0.2, -0.15) is 0 Å².